The van der Waals surface area contributed by atoms with Crippen molar-refractivity contribution in [2.24, 2.45) is 0 Å². The molecule has 0 fully saturated rings. The predicted molar refractivity (Wildman–Crippen MR) is 116 cm³/mol. The Balaban J connectivity index is 1.73. The molecule has 3 rings (SSSR count). The molecule has 0 radical (unpaired) electrons. The van der Waals surface area contributed by atoms with Crippen LogP contribution in [-0.2, 0) is 4.79 Å². The topological polar surface area (TPSA) is 69.7 Å². The minimum absolute atomic E-state index is 0.307. The molecule has 0 saturated carbocycles. The van der Waals surface area contributed by atoms with Crippen molar-refractivity contribution in [1.82, 2.24) is 4.98 Å². The molecule has 8 heteroatoms. The fraction of sp³-hybridized carbons (Fsp3) is 0.143. The summed E-state index contributed by atoms with van der Waals surface area (Å²) in [7, 11) is 4.61. The lowest BCUT2D eigenvalue weighted by atomic mass is 10.1. The molecule has 1 amide bonds. The van der Waals surface area contributed by atoms with E-state index in [1.54, 1.807) is 24.3 Å². The largest absolute Gasteiger partial charge is 0.493 e. The van der Waals surface area contributed by atoms with Gasteiger partial charge >= 0.3 is 0 Å². The zero-order valence-corrected chi connectivity index (χ0v) is 17.6. The number of thiazole rings is 1. The van der Waals surface area contributed by atoms with Crippen LogP contribution >= 0.6 is 22.9 Å². The number of benzene rings is 2. The third-order valence-electron chi connectivity index (χ3n) is 4.00. The van der Waals surface area contributed by atoms with Crippen molar-refractivity contribution in [1.29, 1.82) is 0 Å². The number of carbonyl (C=O) groups is 1. The molecule has 3 aromatic rings. The highest BCUT2D eigenvalue weighted by Crippen LogP contribution is 2.38. The van der Waals surface area contributed by atoms with E-state index in [9.17, 15) is 4.79 Å². The van der Waals surface area contributed by atoms with Gasteiger partial charge in [0.15, 0.2) is 16.6 Å². The van der Waals surface area contributed by atoms with Gasteiger partial charge in [0.1, 0.15) is 0 Å². The standard InChI is InChI=1S/C21H19ClN2O4S/c1-26-17-10-13(11-18(27-2)20(17)28-3)8-9-19(25)24-21-23-16(12-29-21)14-6-4-5-7-15(14)22/h4-12H,1-3H3,(H,23,24,25)/b9-8+. The van der Waals surface area contributed by atoms with E-state index in [0.29, 0.717) is 33.1 Å². The Morgan fingerprint density at radius 3 is 2.41 bits per heavy atom. The predicted octanol–water partition coefficient (Wildman–Crippen LogP) is 5.14. The Morgan fingerprint density at radius 2 is 1.79 bits per heavy atom. The summed E-state index contributed by atoms with van der Waals surface area (Å²) < 4.78 is 15.9. The first-order valence-corrected chi connectivity index (χ1v) is 9.81. The number of nitrogens with one attached hydrogen (secondary N) is 1. The SMILES string of the molecule is COc1cc(/C=C/C(=O)Nc2nc(-c3ccccc3Cl)cs2)cc(OC)c1OC. The molecule has 1 heterocycles. The van der Waals surface area contributed by atoms with Crippen LogP contribution in [0.1, 0.15) is 5.56 Å². The van der Waals surface area contributed by atoms with E-state index in [0.717, 1.165) is 11.1 Å². The van der Waals surface area contributed by atoms with Gasteiger partial charge in [0, 0.05) is 22.0 Å². The summed E-state index contributed by atoms with van der Waals surface area (Å²) in [6.07, 6.45) is 3.07. The second-order valence-corrected chi connectivity index (χ2v) is 7.06. The molecule has 29 heavy (non-hydrogen) atoms. The quantitative estimate of drug-likeness (QED) is 0.525. The molecule has 0 aliphatic rings. The van der Waals surface area contributed by atoms with E-state index < -0.39 is 0 Å². The molecule has 0 saturated heterocycles. The lowest BCUT2D eigenvalue weighted by Crippen LogP contribution is -2.07. The zero-order chi connectivity index (χ0) is 20.8. The van der Waals surface area contributed by atoms with Crippen molar-refractivity contribution in [3.05, 3.63) is 58.4 Å². The van der Waals surface area contributed by atoms with Crippen molar-refractivity contribution in [3.63, 3.8) is 0 Å². The summed E-state index contributed by atoms with van der Waals surface area (Å²) in [5, 5.41) is 5.69. The molecule has 0 aliphatic heterocycles. The van der Waals surface area contributed by atoms with Crippen molar-refractivity contribution in [2.45, 2.75) is 0 Å². The van der Waals surface area contributed by atoms with Gasteiger partial charge in [0.25, 0.3) is 0 Å². The lowest BCUT2D eigenvalue weighted by Gasteiger charge is -2.12. The fourth-order valence-electron chi connectivity index (χ4n) is 2.64. The van der Waals surface area contributed by atoms with E-state index in [4.69, 9.17) is 25.8 Å². The van der Waals surface area contributed by atoms with Crippen LogP contribution in [0.4, 0.5) is 5.13 Å². The molecule has 1 N–H and O–H groups in total. The van der Waals surface area contributed by atoms with Crippen LogP contribution in [-0.4, -0.2) is 32.2 Å². The van der Waals surface area contributed by atoms with Gasteiger partial charge in [-0.1, -0.05) is 29.8 Å². The average molecular weight is 431 g/mol. The number of aromatic nitrogens is 1. The summed E-state index contributed by atoms with van der Waals surface area (Å²) in [6, 6.07) is 10.9. The molecule has 0 spiro atoms. The van der Waals surface area contributed by atoms with E-state index in [1.165, 1.54) is 38.7 Å². The summed E-state index contributed by atoms with van der Waals surface area (Å²) in [5.74, 6) is 1.21. The maximum atomic E-state index is 12.3. The van der Waals surface area contributed by atoms with Gasteiger partial charge in [0.05, 0.1) is 27.0 Å². The number of ether oxygens (including phenoxy) is 3. The molecular weight excluding hydrogens is 412 g/mol. The number of halogens is 1. The number of hydrogen-bond donors (Lipinski definition) is 1. The molecule has 0 bridgehead atoms. The maximum absolute atomic E-state index is 12.3. The van der Waals surface area contributed by atoms with Crippen LogP contribution in [0.2, 0.25) is 5.02 Å². The Hall–Kier alpha value is -3.03. The third kappa shape index (κ3) is 4.88. The fourth-order valence-corrected chi connectivity index (χ4v) is 3.59. The summed E-state index contributed by atoms with van der Waals surface area (Å²) in [6.45, 7) is 0. The Kier molecular flexibility index (Phi) is 6.74. The zero-order valence-electron chi connectivity index (χ0n) is 16.1. The highest BCUT2D eigenvalue weighted by molar-refractivity contribution is 7.14. The smallest absolute Gasteiger partial charge is 0.250 e. The Bertz CT molecular complexity index is 1020. The molecule has 2 aromatic carbocycles. The summed E-state index contributed by atoms with van der Waals surface area (Å²) in [5.41, 5.74) is 2.26. The van der Waals surface area contributed by atoms with Crippen LogP contribution in [0.3, 0.4) is 0 Å². The third-order valence-corrected chi connectivity index (χ3v) is 5.09. The number of amides is 1. The molecule has 150 valence electrons. The van der Waals surface area contributed by atoms with Crippen molar-refractivity contribution in [2.75, 3.05) is 26.6 Å². The second kappa shape index (κ2) is 9.45. The monoisotopic (exact) mass is 430 g/mol. The van der Waals surface area contributed by atoms with Crippen molar-refractivity contribution in [3.8, 4) is 28.5 Å². The maximum Gasteiger partial charge on any atom is 0.250 e. The average Bonchev–Trinajstić information content (AvgIpc) is 3.19. The molecule has 0 unspecified atom stereocenters. The van der Waals surface area contributed by atoms with Gasteiger partial charge in [-0.15, -0.1) is 11.3 Å². The highest BCUT2D eigenvalue weighted by Gasteiger charge is 2.13. The minimum Gasteiger partial charge on any atom is -0.493 e. The van der Waals surface area contributed by atoms with Crippen molar-refractivity contribution < 1.29 is 19.0 Å². The number of nitrogens with zero attached hydrogens (tertiary/aromatic N) is 1. The first-order chi connectivity index (χ1) is 14.0. The van der Waals surface area contributed by atoms with Crippen LogP contribution in [0.15, 0.2) is 47.9 Å². The lowest BCUT2D eigenvalue weighted by molar-refractivity contribution is -0.111. The molecule has 1 aromatic heterocycles. The normalized spacial score (nSPS) is 10.8. The van der Waals surface area contributed by atoms with E-state index in [-0.39, 0.29) is 5.91 Å². The van der Waals surface area contributed by atoms with Gasteiger partial charge in [-0.25, -0.2) is 4.98 Å². The van der Waals surface area contributed by atoms with Gasteiger partial charge < -0.3 is 14.2 Å². The van der Waals surface area contributed by atoms with Gasteiger partial charge in [-0.05, 0) is 29.8 Å². The number of rotatable bonds is 7. The van der Waals surface area contributed by atoms with Gasteiger partial charge in [-0.3, -0.25) is 10.1 Å². The second-order valence-electron chi connectivity index (χ2n) is 5.80. The van der Waals surface area contributed by atoms with Crippen LogP contribution < -0.4 is 19.5 Å². The van der Waals surface area contributed by atoms with E-state index in [2.05, 4.69) is 10.3 Å². The first-order valence-electron chi connectivity index (χ1n) is 8.55. The Morgan fingerprint density at radius 1 is 1.10 bits per heavy atom. The van der Waals surface area contributed by atoms with Gasteiger partial charge in [0.2, 0.25) is 11.7 Å². The van der Waals surface area contributed by atoms with Crippen molar-refractivity contribution >= 4 is 40.1 Å². The highest BCUT2D eigenvalue weighted by atomic mass is 35.5. The van der Waals surface area contributed by atoms with E-state index in [1.807, 2.05) is 23.6 Å². The number of anilines is 1. The number of carbonyl (C=O) groups excluding carboxylic acids is 1. The summed E-state index contributed by atoms with van der Waals surface area (Å²) in [4.78, 5) is 16.7. The molecule has 0 aliphatic carbocycles. The van der Waals surface area contributed by atoms with Crippen LogP contribution in [0.5, 0.6) is 17.2 Å². The van der Waals surface area contributed by atoms with Gasteiger partial charge in [-0.2, -0.15) is 0 Å². The van der Waals surface area contributed by atoms with E-state index >= 15 is 0 Å². The first kappa shape index (κ1) is 20.7. The number of hydrogen-bond acceptors (Lipinski definition) is 6. The molecule has 6 nitrogen and oxygen atoms in total. The molecular formula is C21H19ClN2O4S. The van der Waals surface area contributed by atoms with Crippen LogP contribution in [0, 0.1) is 0 Å². The summed E-state index contributed by atoms with van der Waals surface area (Å²) >= 11 is 7.53. The van der Waals surface area contributed by atoms with Crippen LogP contribution in [0.25, 0.3) is 17.3 Å². The molecule has 0 atom stereocenters. The minimum atomic E-state index is -0.307. The number of methoxy groups -OCH3 is 3. The Labute approximate surface area is 177 Å².